The van der Waals surface area contributed by atoms with Crippen LogP contribution in [-0.2, 0) is 11.3 Å². The van der Waals surface area contributed by atoms with Gasteiger partial charge in [-0.3, -0.25) is 4.90 Å². The maximum absolute atomic E-state index is 9.42. The Balaban J connectivity index is 1.63. The van der Waals surface area contributed by atoms with E-state index in [9.17, 15) is 5.26 Å². The fraction of sp³-hybridized carbons (Fsp3) is 0.409. The van der Waals surface area contributed by atoms with Crippen molar-refractivity contribution in [1.82, 2.24) is 10.2 Å². The van der Waals surface area contributed by atoms with Crippen molar-refractivity contribution in [3.63, 3.8) is 0 Å². The van der Waals surface area contributed by atoms with Crippen LogP contribution in [0, 0.1) is 11.3 Å². The molecule has 2 aromatic carbocycles. The maximum atomic E-state index is 9.42. The van der Waals surface area contributed by atoms with Crippen molar-refractivity contribution in [3.8, 4) is 11.8 Å². The molecule has 4 rings (SSSR count). The number of nitrogens with zero attached hydrogens (tertiary/aromatic N) is 2. The Hall–Kier alpha value is -1.43. The van der Waals surface area contributed by atoms with Gasteiger partial charge in [-0.25, -0.2) is 0 Å². The van der Waals surface area contributed by atoms with E-state index in [1.54, 1.807) is 0 Å². The molecule has 2 unspecified atom stereocenters. The summed E-state index contributed by atoms with van der Waals surface area (Å²) in [4.78, 5) is 2.46. The van der Waals surface area contributed by atoms with Gasteiger partial charge in [-0.2, -0.15) is 5.26 Å². The Kier molecular flexibility index (Phi) is 6.88. The van der Waals surface area contributed by atoms with E-state index in [2.05, 4.69) is 60.3 Å². The van der Waals surface area contributed by atoms with Crippen molar-refractivity contribution < 1.29 is 9.47 Å². The zero-order valence-electron chi connectivity index (χ0n) is 16.0. The van der Waals surface area contributed by atoms with Crippen LogP contribution in [0.4, 0.5) is 0 Å². The summed E-state index contributed by atoms with van der Waals surface area (Å²) in [5.74, 6) is 0.865. The average Bonchev–Trinajstić information content (AvgIpc) is 2.90. The predicted octanol–water partition coefficient (Wildman–Crippen LogP) is 4.40. The third-order valence-corrected chi connectivity index (χ3v) is 6.32. The first-order chi connectivity index (χ1) is 14.1. The van der Waals surface area contributed by atoms with Crippen LogP contribution < -0.4 is 10.1 Å². The normalized spacial score (nSPS) is 22.2. The molecule has 5 nitrogen and oxygen atoms in total. The van der Waals surface area contributed by atoms with Gasteiger partial charge in [0.05, 0.1) is 37.0 Å². The number of hydrogen-bond acceptors (Lipinski definition) is 5. The van der Waals surface area contributed by atoms with Gasteiger partial charge in [0.15, 0.2) is 0 Å². The predicted molar refractivity (Wildman–Crippen MR) is 119 cm³/mol. The van der Waals surface area contributed by atoms with Gasteiger partial charge in [-0.15, -0.1) is 0 Å². The SMILES string of the molecule is N#Cc1ccc2c(c1)C(N1CCNCC1)C(OCc1cc(Br)cc(Br)c1)CCO2. The number of nitriles is 1. The summed E-state index contributed by atoms with van der Waals surface area (Å²) >= 11 is 7.10. The van der Waals surface area contributed by atoms with Crippen LogP contribution >= 0.6 is 31.9 Å². The summed E-state index contributed by atoms with van der Waals surface area (Å²) in [5.41, 5.74) is 2.83. The molecule has 2 aliphatic heterocycles. The average molecular weight is 521 g/mol. The third-order valence-electron chi connectivity index (χ3n) is 5.40. The van der Waals surface area contributed by atoms with Crippen LogP contribution in [0.25, 0.3) is 0 Å². The molecule has 29 heavy (non-hydrogen) atoms. The topological polar surface area (TPSA) is 57.5 Å². The van der Waals surface area contributed by atoms with E-state index in [-0.39, 0.29) is 12.1 Å². The molecule has 1 saturated heterocycles. The van der Waals surface area contributed by atoms with Gasteiger partial charge in [0.25, 0.3) is 0 Å². The van der Waals surface area contributed by atoms with E-state index >= 15 is 0 Å². The minimum atomic E-state index is -0.0129. The molecule has 0 spiro atoms. The van der Waals surface area contributed by atoms with Crippen LogP contribution in [0.5, 0.6) is 5.75 Å². The Bertz CT molecular complexity index is 889. The first-order valence-electron chi connectivity index (χ1n) is 9.82. The van der Waals surface area contributed by atoms with Crippen LogP contribution in [0.2, 0.25) is 0 Å². The lowest BCUT2D eigenvalue weighted by atomic mass is 9.95. The summed E-state index contributed by atoms with van der Waals surface area (Å²) in [5, 5.41) is 12.8. The zero-order chi connectivity index (χ0) is 20.2. The fourth-order valence-electron chi connectivity index (χ4n) is 4.09. The Labute approximate surface area is 188 Å². The molecule has 152 valence electrons. The van der Waals surface area contributed by atoms with Gasteiger partial charge >= 0.3 is 0 Å². The van der Waals surface area contributed by atoms with E-state index in [4.69, 9.17) is 9.47 Å². The number of ether oxygens (including phenoxy) is 2. The molecule has 1 N–H and O–H groups in total. The second kappa shape index (κ2) is 9.59. The molecule has 0 saturated carbocycles. The molecule has 0 aliphatic carbocycles. The summed E-state index contributed by atoms with van der Waals surface area (Å²) in [6.45, 7) is 4.94. The highest BCUT2D eigenvalue weighted by atomic mass is 79.9. The van der Waals surface area contributed by atoms with Crippen molar-refractivity contribution in [3.05, 3.63) is 62.0 Å². The van der Waals surface area contributed by atoms with E-state index in [1.165, 1.54) is 0 Å². The van der Waals surface area contributed by atoms with Crippen molar-refractivity contribution in [2.24, 2.45) is 0 Å². The molecule has 2 aromatic rings. The molecule has 0 radical (unpaired) electrons. The van der Waals surface area contributed by atoms with Crippen molar-refractivity contribution in [1.29, 1.82) is 5.26 Å². The van der Waals surface area contributed by atoms with Crippen LogP contribution in [-0.4, -0.2) is 43.8 Å². The van der Waals surface area contributed by atoms with E-state index in [0.29, 0.717) is 18.8 Å². The Morgan fingerprint density at radius 1 is 1.14 bits per heavy atom. The largest absolute Gasteiger partial charge is 0.493 e. The fourth-order valence-corrected chi connectivity index (χ4v) is 5.48. The number of piperazine rings is 1. The number of halogens is 2. The molecule has 7 heteroatoms. The molecule has 2 aliphatic rings. The van der Waals surface area contributed by atoms with Crippen LogP contribution in [0.3, 0.4) is 0 Å². The Morgan fingerprint density at radius 3 is 2.62 bits per heavy atom. The highest BCUT2D eigenvalue weighted by Gasteiger charge is 2.35. The zero-order valence-corrected chi connectivity index (χ0v) is 19.2. The first-order valence-corrected chi connectivity index (χ1v) is 11.4. The maximum Gasteiger partial charge on any atom is 0.124 e. The molecular weight excluding hydrogens is 498 g/mol. The summed E-state index contributed by atoms with van der Waals surface area (Å²) in [6.07, 6.45) is 0.793. The molecule has 0 bridgehead atoms. The van der Waals surface area contributed by atoms with Crippen molar-refractivity contribution in [2.45, 2.75) is 25.2 Å². The van der Waals surface area contributed by atoms with Gasteiger partial charge in [-0.05, 0) is 42.0 Å². The van der Waals surface area contributed by atoms with E-state index in [0.717, 1.165) is 58.4 Å². The number of fused-ring (bicyclic) bond motifs is 1. The first kappa shape index (κ1) is 20.8. The summed E-state index contributed by atoms with van der Waals surface area (Å²) in [7, 11) is 0. The van der Waals surface area contributed by atoms with Gasteiger partial charge in [0, 0.05) is 47.1 Å². The Morgan fingerprint density at radius 2 is 1.90 bits per heavy atom. The van der Waals surface area contributed by atoms with E-state index < -0.39 is 0 Å². The molecule has 1 fully saturated rings. The highest BCUT2D eigenvalue weighted by Crippen LogP contribution is 2.38. The monoisotopic (exact) mass is 519 g/mol. The number of benzene rings is 2. The number of rotatable bonds is 4. The van der Waals surface area contributed by atoms with Gasteiger partial charge in [-0.1, -0.05) is 31.9 Å². The minimum absolute atomic E-state index is 0.0129. The standard InChI is InChI=1S/C22H23Br2N3O2/c23-17-9-16(10-18(24)12-17)14-29-21-3-8-28-20-2-1-15(13-25)11-19(20)22(21)27-6-4-26-5-7-27/h1-2,9-12,21-22,26H,3-8,14H2. The van der Waals surface area contributed by atoms with Gasteiger partial charge < -0.3 is 14.8 Å². The summed E-state index contributed by atoms with van der Waals surface area (Å²) in [6, 6.07) is 14.2. The second-order valence-corrected chi connectivity index (χ2v) is 9.19. The van der Waals surface area contributed by atoms with E-state index in [1.807, 2.05) is 24.3 Å². The van der Waals surface area contributed by atoms with Crippen LogP contribution in [0.15, 0.2) is 45.3 Å². The van der Waals surface area contributed by atoms with Crippen molar-refractivity contribution in [2.75, 3.05) is 32.8 Å². The lowest BCUT2D eigenvalue weighted by Crippen LogP contribution is -2.48. The molecule has 0 aromatic heterocycles. The smallest absolute Gasteiger partial charge is 0.124 e. The van der Waals surface area contributed by atoms with Gasteiger partial charge in [0.2, 0.25) is 0 Å². The lowest BCUT2D eigenvalue weighted by Gasteiger charge is -2.38. The lowest BCUT2D eigenvalue weighted by molar-refractivity contribution is -0.0331. The second-order valence-electron chi connectivity index (χ2n) is 7.36. The molecule has 0 amide bonds. The van der Waals surface area contributed by atoms with Crippen LogP contribution in [0.1, 0.15) is 29.2 Å². The number of nitrogens with one attached hydrogen (secondary N) is 1. The quantitative estimate of drug-likeness (QED) is 0.647. The summed E-state index contributed by atoms with van der Waals surface area (Å²) < 4.78 is 14.6. The highest BCUT2D eigenvalue weighted by molar-refractivity contribution is 9.11. The van der Waals surface area contributed by atoms with Crippen molar-refractivity contribution >= 4 is 31.9 Å². The van der Waals surface area contributed by atoms with Gasteiger partial charge in [0.1, 0.15) is 5.75 Å². The molecular formula is C22H23Br2N3O2. The molecule has 2 heterocycles. The number of hydrogen-bond donors (Lipinski definition) is 1. The minimum Gasteiger partial charge on any atom is -0.493 e. The third kappa shape index (κ3) is 5.01. The molecule has 2 atom stereocenters.